The van der Waals surface area contributed by atoms with E-state index in [1.807, 2.05) is 12.3 Å². The fraction of sp³-hybridized carbons (Fsp3) is 0.643. The Morgan fingerprint density at radius 2 is 1.95 bits per heavy atom. The molecular weight excluding hydrogens is 389 g/mol. The van der Waals surface area contributed by atoms with E-state index in [9.17, 15) is 0 Å². The fourth-order valence-electron chi connectivity index (χ4n) is 1.88. The Labute approximate surface area is 135 Å². The van der Waals surface area contributed by atoms with Crippen molar-refractivity contribution < 1.29 is 4.43 Å². The summed E-state index contributed by atoms with van der Waals surface area (Å²) >= 11 is 8.68. The molecule has 0 N–H and O–H groups in total. The molecule has 0 atom stereocenters. The fourth-order valence-corrected chi connectivity index (χ4v) is 4.16. The molecule has 2 nitrogen and oxygen atoms in total. The molecule has 1 saturated carbocycles. The predicted octanol–water partition coefficient (Wildman–Crippen LogP) is 5.35. The van der Waals surface area contributed by atoms with E-state index < -0.39 is 8.32 Å². The number of hydrogen-bond acceptors (Lipinski definition) is 2. The Balaban J connectivity index is 2.33. The second-order valence-corrected chi connectivity index (χ2v) is 13.1. The van der Waals surface area contributed by atoms with Crippen molar-refractivity contribution in [2.75, 3.05) is 0 Å². The molecule has 2 rings (SSSR count). The minimum atomic E-state index is -1.80. The molecule has 0 spiro atoms. The first-order valence-corrected chi connectivity index (χ1v) is 11.0. The minimum absolute atomic E-state index is 0.205. The lowest BCUT2D eigenvalue weighted by molar-refractivity contribution is 0.154. The summed E-state index contributed by atoms with van der Waals surface area (Å²) in [6.07, 6.45) is 3.90. The number of pyridine rings is 1. The lowest BCUT2D eigenvalue weighted by atomic mass is 10.2. The normalized spacial score (nSPS) is 18.5. The molecule has 0 bridgehead atoms. The summed E-state index contributed by atoms with van der Waals surface area (Å²) < 4.78 is 7.66. The molecule has 0 amide bonds. The predicted molar refractivity (Wildman–Crippen MR) is 91.2 cm³/mol. The van der Waals surface area contributed by atoms with Crippen LogP contribution < -0.4 is 0 Å². The average molecular weight is 410 g/mol. The minimum Gasteiger partial charge on any atom is -0.406 e. The molecule has 19 heavy (non-hydrogen) atoms. The van der Waals surface area contributed by atoms with Gasteiger partial charge < -0.3 is 4.43 Å². The summed E-state index contributed by atoms with van der Waals surface area (Å²) in [6.45, 7) is 11.4. The van der Waals surface area contributed by atoms with Gasteiger partial charge in [0, 0.05) is 9.77 Å². The van der Waals surface area contributed by atoms with E-state index in [4.69, 9.17) is 16.0 Å². The molecular formula is C14H21ClINOSi. The molecule has 5 heteroatoms. The summed E-state index contributed by atoms with van der Waals surface area (Å²) in [5, 5.41) is 0.969. The average Bonchev–Trinajstić information content (AvgIpc) is 3.00. The molecule has 0 aliphatic heterocycles. The van der Waals surface area contributed by atoms with Gasteiger partial charge in [0.25, 0.3) is 0 Å². The van der Waals surface area contributed by atoms with Crippen LogP contribution in [0.15, 0.2) is 12.3 Å². The quantitative estimate of drug-likeness (QED) is 0.496. The Hall–Kier alpha value is 0.347. The molecule has 1 aliphatic carbocycles. The van der Waals surface area contributed by atoms with Gasteiger partial charge in [-0.2, -0.15) is 0 Å². The van der Waals surface area contributed by atoms with Gasteiger partial charge in [0.05, 0.1) is 10.7 Å². The van der Waals surface area contributed by atoms with E-state index in [-0.39, 0.29) is 10.6 Å². The van der Waals surface area contributed by atoms with Gasteiger partial charge in [-0.1, -0.05) is 32.4 Å². The maximum Gasteiger partial charge on any atom is 0.193 e. The Morgan fingerprint density at radius 3 is 2.42 bits per heavy atom. The molecule has 0 saturated heterocycles. The second kappa shape index (κ2) is 4.96. The van der Waals surface area contributed by atoms with Crippen LogP contribution in [0, 0.1) is 3.57 Å². The van der Waals surface area contributed by atoms with Crippen molar-refractivity contribution >= 4 is 42.5 Å². The number of aromatic nitrogens is 1. The van der Waals surface area contributed by atoms with Gasteiger partial charge in [0.15, 0.2) is 8.32 Å². The Morgan fingerprint density at radius 1 is 1.37 bits per heavy atom. The molecule has 0 aromatic carbocycles. The van der Waals surface area contributed by atoms with Crippen molar-refractivity contribution in [3.63, 3.8) is 0 Å². The first-order chi connectivity index (χ1) is 8.59. The monoisotopic (exact) mass is 409 g/mol. The number of halogens is 2. The van der Waals surface area contributed by atoms with E-state index in [1.54, 1.807) is 0 Å². The third kappa shape index (κ3) is 3.01. The maximum absolute atomic E-state index is 6.61. The van der Waals surface area contributed by atoms with Crippen LogP contribution in [0.5, 0.6) is 0 Å². The van der Waals surface area contributed by atoms with Gasteiger partial charge in [-0.25, -0.2) is 0 Å². The standard InChI is InChI=1S/C14H21ClINOSi/c1-13(2,3)19(4,5)18-14(7-8-14)12-11(15)10(16)6-9-17-12/h6,9H,7-8H2,1-5H3. The Kier molecular flexibility index (Phi) is 4.11. The molecule has 0 radical (unpaired) electrons. The van der Waals surface area contributed by atoms with Crippen LogP contribution in [0.25, 0.3) is 0 Å². The van der Waals surface area contributed by atoms with E-state index in [1.165, 1.54) is 0 Å². The maximum atomic E-state index is 6.61. The van der Waals surface area contributed by atoms with Crippen molar-refractivity contribution in [2.24, 2.45) is 0 Å². The molecule has 1 fully saturated rings. The SMILES string of the molecule is CC(C)(C)[Si](C)(C)OC1(c2nccc(I)c2Cl)CC1. The summed E-state index contributed by atoms with van der Waals surface area (Å²) in [5.74, 6) is 0. The third-order valence-electron chi connectivity index (χ3n) is 4.23. The largest absolute Gasteiger partial charge is 0.406 e. The zero-order valence-corrected chi connectivity index (χ0v) is 16.1. The third-order valence-corrected chi connectivity index (χ3v) is 10.3. The number of hydrogen-bond donors (Lipinski definition) is 0. The van der Waals surface area contributed by atoms with Crippen molar-refractivity contribution in [1.82, 2.24) is 4.98 Å². The lowest BCUT2D eigenvalue weighted by Crippen LogP contribution is -2.44. The first kappa shape index (κ1) is 15.7. The lowest BCUT2D eigenvalue weighted by Gasteiger charge is -2.39. The van der Waals surface area contributed by atoms with Gasteiger partial charge in [-0.15, -0.1) is 0 Å². The van der Waals surface area contributed by atoms with Crippen molar-refractivity contribution in [2.45, 2.75) is 57.3 Å². The molecule has 1 aromatic heterocycles. The van der Waals surface area contributed by atoms with Gasteiger partial charge in [0.2, 0.25) is 0 Å². The van der Waals surface area contributed by atoms with E-state index in [2.05, 4.69) is 61.4 Å². The smallest absolute Gasteiger partial charge is 0.193 e. The zero-order valence-electron chi connectivity index (χ0n) is 12.2. The highest BCUT2D eigenvalue weighted by molar-refractivity contribution is 14.1. The number of rotatable bonds is 3. The highest BCUT2D eigenvalue weighted by atomic mass is 127. The van der Waals surface area contributed by atoms with Gasteiger partial charge in [0.1, 0.15) is 5.60 Å². The van der Waals surface area contributed by atoms with Crippen LogP contribution in [-0.4, -0.2) is 13.3 Å². The highest BCUT2D eigenvalue weighted by Crippen LogP contribution is 2.55. The molecule has 0 unspecified atom stereocenters. The summed E-state index contributed by atoms with van der Waals surface area (Å²) in [4.78, 5) is 4.50. The van der Waals surface area contributed by atoms with E-state index in [0.717, 1.165) is 27.1 Å². The first-order valence-electron chi connectivity index (χ1n) is 6.60. The van der Waals surface area contributed by atoms with Gasteiger partial charge in [-0.05, 0) is 59.6 Å². The molecule has 106 valence electrons. The zero-order chi connectivity index (χ0) is 14.5. The van der Waals surface area contributed by atoms with Gasteiger partial charge >= 0.3 is 0 Å². The Bertz CT molecular complexity index is 495. The van der Waals surface area contributed by atoms with E-state index >= 15 is 0 Å². The van der Waals surface area contributed by atoms with Crippen LogP contribution in [0.2, 0.25) is 23.2 Å². The van der Waals surface area contributed by atoms with Crippen molar-refractivity contribution in [3.8, 4) is 0 Å². The summed E-state index contributed by atoms with van der Waals surface area (Å²) in [7, 11) is -1.80. The molecule has 1 heterocycles. The van der Waals surface area contributed by atoms with Gasteiger partial charge in [-0.3, -0.25) is 4.98 Å². The van der Waals surface area contributed by atoms with E-state index in [0.29, 0.717) is 0 Å². The summed E-state index contributed by atoms with van der Waals surface area (Å²) in [6, 6.07) is 1.94. The summed E-state index contributed by atoms with van der Waals surface area (Å²) in [5.41, 5.74) is 0.715. The molecule has 1 aromatic rings. The highest BCUT2D eigenvalue weighted by Gasteiger charge is 2.54. The number of nitrogens with zero attached hydrogens (tertiary/aromatic N) is 1. The van der Waals surface area contributed by atoms with Crippen molar-refractivity contribution in [1.29, 1.82) is 0 Å². The van der Waals surface area contributed by atoms with Crippen LogP contribution >= 0.6 is 34.2 Å². The molecule has 1 aliphatic rings. The van der Waals surface area contributed by atoms with Crippen LogP contribution in [-0.2, 0) is 10.0 Å². The topological polar surface area (TPSA) is 22.1 Å². The van der Waals surface area contributed by atoms with Crippen LogP contribution in [0.4, 0.5) is 0 Å². The van der Waals surface area contributed by atoms with Crippen LogP contribution in [0.1, 0.15) is 39.3 Å². The van der Waals surface area contributed by atoms with Crippen molar-refractivity contribution in [3.05, 3.63) is 26.5 Å². The van der Waals surface area contributed by atoms with Crippen LogP contribution in [0.3, 0.4) is 0 Å². The second-order valence-electron chi connectivity index (χ2n) is 6.81.